The normalized spacial score (nSPS) is 17.5. The summed E-state index contributed by atoms with van der Waals surface area (Å²) < 4.78 is 24.1. The molecule has 5 nitrogen and oxygen atoms in total. The van der Waals surface area contributed by atoms with E-state index in [-0.39, 0.29) is 17.8 Å². The number of aryl methyl sites for hydroxylation is 1. The smallest absolute Gasteiger partial charge is 0.292 e. The van der Waals surface area contributed by atoms with Crippen molar-refractivity contribution >= 4 is 5.91 Å². The molecule has 126 valence electrons. The fourth-order valence-electron chi connectivity index (χ4n) is 3.25. The summed E-state index contributed by atoms with van der Waals surface area (Å²) in [5.74, 6) is 0.0288. The van der Waals surface area contributed by atoms with Crippen LogP contribution in [-0.2, 0) is 24.2 Å². The Bertz CT molecular complexity index is 752. The maximum absolute atomic E-state index is 13.1. The van der Waals surface area contributed by atoms with Crippen LogP contribution in [0.3, 0.4) is 0 Å². The Hall–Kier alpha value is -2.21. The zero-order valence-electron chi connectivity index (χ0n) is 13.3. The fourth-order valence-corrected chi connectivity index (χ4v) is 3.25. The predicted octanol–water partition coefficient (Wildman–Crippen LogP) is 2.73. The maximum Gasteiger partial charge on any atom is 0.292 e. The highest BCUT2D eigenvalue weighted by Gasteiger charge is 2.36. The summed E-state index contributed by atoms with van der Waals surface area (Å²) in [6, 6.07) is 6.36. The van der Waals surface area contributed by atoms with Crippen molar-refractivity contribution in [3.63, 3.8) is 0 Å². The topological polar surface area (TPSA) is 55.6 Å². The van der Waals surface area contributed by atoms with Crippen LogP contribution >= 0.6 is 0 Å². The van der Waals surface area contributed by atoms with Crippen molar-refractivity contribution in [2.24, 2.45) is 0 Å². The van der Waals surface area contributed by atoms with E-state index in [1.165, 1.54) is 12.1 Å². The summed E-state index contributed by atoms with van der Waals surface area (Å²) in [5.41, 5.74) is 2.71. The molecule has 6 heteroatoms. The van der Waals surface area contributed by atoms with E-state index in [2.05, 4.69) is 5.16 Å². The molecule has 0 spiro atoms. The summed E-state index contributed by atoms with van der Waals surface area (Å²) in [4.78, 5) is 14.2. The van der Waals surface area contributed by atoms with Gasteiger partial charge in [-0.1, -0.05) is 17.3 Å². The molecule has 1 aromatic heterocycles. The van der Waals surface area contributed by atoms with Gasteiger partial charge < -0.3 is 14.2 Å². The first kappa shape index (κ1) is 15.3. The van der Waals surface area contributed by atoms with Gasteiger partial charge in [0.05, 0.1) is 18.4 Å². The molecule has 1 fully saturated rings. The van der Waals surface area contributed by atoms with Crippen molar-refractivity contribution < 1.29 is 18.4 Å². The van der Waals surface area contributed by atoms with Crippen LogP contribution in [-0.4, -0.2) is 35.2 Å². The van der Waals surface area contributed by atoms with E-state index < -0.39 is 0 Å². The number of hydrogen-bond donors (Lipinski definition) is 0. The Morgan fingerprint density at radius 2 is 2.17 bits per heavy atom. The van der Waals surface area contributed by atoms with Crippen LogP contribution in [0, 0.1) is 5.82 Å². The number of carbonyl (C=O) groups excluding carboxylic acids is 1. The molecule has 0 bridgehead atoms. The average molecular weight is 330 g/mol. The Labute approximate surface area is 139 Å². The minimum absolute atomic E-state index is 0.0176. The summed E-state index contributed by atoms with van der Waals surface area (Å²) in [7, 11) is 0. The van der Waals surface area contributed by atoms with E-state index in [1.54, 1.807) is 11.0 Å². The van der Waals surface area contributed by atoms with Gasteiger partial charge in [-0.05, 0) is 43.4 Å². The third-order valence-corrected chi connectivity index (χ3v) is 4.66. The van der Waals surface area contributed by atoms with Crippen LogP contribution in [0.5, 0.6) is 0 Å². The van der Waals surface area contributed by atoms with Crippen molar-refractivity contribution in [3.05, 3.63) is 52.7 Å². The standard InChI is InChI=1S/C18H19FN2O3/c19-13-5-3-4-12(8-13)11-23-14-9-21(10-14)18(22)17-15-6-1-2-7-16(15)20-24-17/h3-5,8,14H,1-2,6-7,9-11H2. The monoisotopic (exact) mass is 330 g/mol. The van der Waals surface area contributed by atoms with Crippen LogP contribution in [0.25, 0.3) is 0 Å². The maximum atomic E-state index is 13.1. The number of ether oxygens (including phenoxy) is 1. The highest BCUT2D eigenvalue weighted by Crippen LogP contribution is 2.26. The number of fused-ring (bicyclic) bond motifs is 1. The number of aromatic nitrogens is 1. The first-order valence-corrected chi connectivity index (χ1v) is 8.33. The zero-order valence-corrected chi connectivity index (χ0v) is 13.3. The quantitative estimate of drug-likeness (QED) is 0.865. The Morgan fingerprint density at radius 3 is 3.00 bits per heavy atom. The Kier molecular flexibility index (Phi) is 4.06. The zero-order chi connectivity index (χ0) is 16.5. The number of nitrogens with zero attached hydrogens (tertiary/aromatic N) is 2. The predicted molar refractivity (Wildman–Crippen MR) is 84.0 cm³/mol. The van der Waals surface area contributed by atoms with Crippen molar-refractivity contribution in [2.75, 3.05) is 13.1 Å². The Morgan fingerprint density at radius 1 is 1.33 bits per heavy atom. The minimum Gasteiger partial charge on any atom is -0.370 e. The highest BCUT2D eigenvalue weighted by molar-refractivity contribution is 5.93. The molecule has 0 unspecified atom stereocenters. The van der Waals surface area contributed by atoms with Gasteiger partial charge in [0.1, 0.15) is 5.82 Å². The van der Waals surface area contributed by atoms with Crippen LogP contribution in [0.15, 0.2) is 28.8 Å². The molecule has 2 aromatic rings. The number of benzene rings is 1. The molecule has 2 heterocycles. The molecule has 2 aliphatic rings. The van der Waals surface area contributed by atoms with Gasteiger partial charge in [-0.2, -0.15) is 0 Å². The van der Waals surface area contributed by atoms with Crippen molar-refractivity contribution in [1.82, 2.24) is 10.1 Å². The van der Waals surface area contributed by atoms with E-state index in [9.17, 15) is 9.18 Å². The summed E-state index contributed by atoms with van der Waals surface area (Å²) in [5, 5.41) is 4.03. The third-order valence-electron chi connectivity index (χ3n) is 4.66. The number of halogens is 1. The van der Waals surface area contributed by atoms with Crippen LogP contribution in [0.1, 0.15) is 40.2 Å². The molecule has 1 aliphatic carbocycles. The van der Waals surface area contributed by atoms with E-state index in [0.717, 1.165) is 42.5 Å². The lowest BCUT2D eigenvalue weighted by Crippen LogP contribution is -2.54. The number of rotatable bonds is 4. The lowest BCUT2D eigenvalue weighted by atomic mass is 9.95. The number of hydrogen-bond acceptors (Lipinski definition) is 4. The minimum atomic E-state index is -0.267. The van der Waals surface area contributed by atoms with E-state index in [4.69, 9.17) is 9.26 Å². The summed E-state index contributed by atoms with van der Waals surface area (Å²) >= 11 is 0. The van der Waals surface area contributed by atoms with Crippen LogP contribution < -0.4 is 0 Å². The van der Waals surface area contributed by atoms with Gasteiger partial charge in [-0.15, -0.1) is 0 Å². The van der Waals surface area contributed by atoms with Crippen LogP contribution in [0.2, 0.25) is 0 Å². The molecule has 0 N–H and O–H groups in total. The second kappa shape index (κ2) is 6.36. The van der Waals surface area contributed by atoms with E-state index in [1.807, 2.05) is 6.07 Å². The van der Waals surface area contributed by atoms with Gasteiger partial charge in [0.15, 0.2) is 0 Å². The van der Waals surface area contributed by atoms with Crippen molar-refractivity contribution in [3.8, 4) is 0 Å². The molecule has 0 saturated carbocycles. The molecule has 1 aliphatic heterocycles. The second-order valence-electron chi connectivity index (χ2n) is 6.42. The van der Waals surface area contributed by atoms with Crippen LogP contribution in [0.4, 0.5) is 4.39 Å². The first-order valence-electron chi connectivity index (χ1n) is 8.33. The highest BCUT2D eigenvalue weighted by atomic mass is 19.1. The van der Waals surface area contributed by atoms with E-state index in [0.29, 0.717) is 25.5 Å². The van der Waals surface area contributed by atoms with Crippen molar-refractivity contribution in [1.29, 1.82) is 0 Å². The second-order valence-corrected chi connectivity index (χ2v) is 6.42. The summed E-state index contributed by atoms with van der Waals surface area (Å²) in [6.45, 7) is 1.41. The number of likely N-dealkylation sites (tertiary alicyclic amines) is 1. The van der Waals surface area contributed by atoms with Gasteiger partial charge in [-0.3, -0.25) is 4.79 Å². The fraction of sp³-hybridized carbons (Fsp3) is 0.444. The van der Waals surface area contributed by atoms with Gasteiger partial charge in [0, 0.05) is 18.7 Å². The number of carbonyl (C=O) groups is 1. The molecule has 0 radical (unpaired) electrons. The van der Waals surface area contributed by atoms with Gasteiger partial charge in [0.2, 0.25) is 5.76 Å². The first-order chi connectivity index (χ1) is 11.7. The summed E-state index contributed by atoms with van der Waals surface area (Å²) in [6.07, 6.45) is 3.93. The molecular weight excluding hydrogens is 311 g/mol. The molecule has 1 aromatic carbocycles. The SMILES string of the molecule is O=C(c1onc2c1CCCC2)N1CC(OCc2cccc(F)c2)C1. The lowest BCUT2D eigenvalue weighted by Gasteiger charge is -2.38. The number of amides is 1. The van der Waals surface area contributed by atoms with Gasteiger partial charge >= 0.3 is 0 Å². The molecule has 24 heavy (non-hydrogen) atoms. The molecular formula is C18H19FN2O3. The molecule has 0 atom stereocenters. The third kappa shape index (κ3) is 2.94. The lowest BCUT2D eigenvalue weighted by molar-refractivity contribution is -0.0514. The van der Waals surface area contributed by atoms with Crippen molar-refractivity contribution in [2.45, 2.75) is 38.4 Å². The largest absolute Gasteiger partial charge is 0.370 e. The Balaban J connectivity index is 1.31. The molecule has 4 rings (SSSR count). The van der Waals surface area contributed by atoms with Gasteiger partial charge in [-0.25, -0.2) is 4.39 Å². The average Bonchev–Trinajstić information content (AvgIpc) is 2.97. The molecule has 1 saturated heterocycles. The molecule has 1 amide bonds. The van der Waals surface area contributed by atoms with E-state index >= 15 is 0 Å². The van der Waals surface area contributed by atoms with Gasteiger partial charge in [0.25, 0.3) is 5.91 Å².